The molecule has 1 saturated heterocycles. The third kappa shape index (κ3) is 4.64. The van der Waals surface area contributed by atoms with Crippen molar-refractivity contribution in [3.8, 4) is 0 Å². The Bertz CT molecular complexity index is 960. The second-order valence-electron chi connectivity index (χ2n) is 6.00. The van der Waals surface area contributed by atoms with Crippen LogP contribution in [0, 0.1) is 0 Å². The van der Waals surface area contributed by atoms with Crippen molar-refractivity contribution < 1.29 is 26.4 Å². The van der Waals surface area contributed by atoms with Gasteiger partial charge in [-0.05, 0) is 37.5 Å². The van der Waals surface area contributed by atoms with E-state index < -0.39 is 21.2 Å². The fraction of sp³-hybridized carbons (Fsp3) is 0.467. The number of rotatable bonds is 6. The molecular weight excluding hydrogens is 433 g/mol. The maximum atomic E-state index is 13.2. The molecule has 0 atom stereocenters. The SMILES string of the molecule is CON(c1cc(N2CCCCC2)ccc1N=Nc1nncs1)S(=O)(=O)C(F)(F)F. The molecule has 1 aromatic heterocycles. The second-order valence-corrected chi connectivity index (χ2v) is 8.56. The van der Waals surface area contributed by atoms with Gasteiger partial charge in [0.1, 0.15) is 16.9 Å². The van der Waals surface area contributed by atoms with E-state index in [2.05, 4.69) is 25.3 Å². The van der Waals surface area contributed by atoms with E-state index in [0.29, 0.717) is 18.8 Å². The Morgan fingerprint density at radius 2 is 1.93 bits per heavy atom. The summed E-state index contributed by atoms with van der Waals surface area (Å²) in [7, 11) is -4.98. The molecule has 0 radical (unpaired) electrons. The first kappa shape index (κ1) is 21.4. The van der Waals surface area contributed by atoms with Gasteiger partial charge in [0, 0.05) is 18.8 Å². The van der Waals surface area contributed by atoms with E-state index in [9.17, 15) is 21.6 Å². The van der Waals surface area contributed by atoms with Gasteiger partial charge < -0.3 is 4.90 Å². The van der Waals surface area contributed by atoms with Crippen molar-refractivity contribution in [1.29, 1.82) is 0 Å². The van der Waals surface area contributed by atoms with E-state index in [1.54, 1.807) is 6.07 Å². The van der Waals surface area contributed by atoms with Crippen molar-refractivity contribution in [2.24, 2.45) is 10.2 Å². The predicted molar refractivity (Wildman–Crippen MR) is 101 cm³/mol. The number of hydrogen-bond donors (Lipinski definition) is 0. The van der Waals surface area contributed by atoms with Gasteiger partial charge in [-0.2, -0.15) is 21.6 Å². The molecular formula is C15H17F3N6O3S2. The van der Waals surface area contributed by atoms with Crippen LogP contribution in [0.15, 0.2) is 33.9 Å². The molecule has 1 fully saturated rings. The summed E-state index contributed by atoms with van der Waals surface area (Å²) in [6.45, 7) is 1.42. The van der Waals surface area contributed by atoms with Gasteiger partial charge in [-0.1, -0.05) is 11.3 Å². The number of benzene rings is 1. The van der Waals surface area contributed by atoms with Gasteiger partial charge in [-0.3, -0.25) is 4.84 Å². The average Bonchev–Trinajstić information content (AvgIpc) is 3.21. The largest absolute Gasteiger partial charge is 0.518 e. The summed E-state index contributed by atoms with van der Waals surface area (Å²) in [5.74, 6) is 0. The van der Waals surface area contributed by atoms with Crippen molar-refractivity contribution in [1.82, 2.24) is 10.2 Å². The molecule has 0 unspecified atom stereocenters. The van der Waals surface area contributed by atoms with E-state index in [1.807, 2.05) is 4.90 Å². The van der Waals surface area contributed by atoms with Crippen molar-refractivity contribution in [2.45, 2.75) is 24.8 Å². The predicted octanol–water partition coefficient (Wildman–Crippen LogP) is 4.16. The first-order chi connectivity index (χ1) is 13.7. The quantitative estimate of drug-likeness (QED) is 0.484. The van der Waals surface area contributed by atoms with Crippen LogP contribution < -0.4 is 9.37 Å². The Morgan fingerprint density at radius 3 is 2.52 bits per heavy atom. The molecule has 0 amide bonds. The molecule has 0 spiro atoms. The number of anilines is 2. The lowest BCUT2D eigenvalue weighted by atomic mass is 10.1. The summed E-state index contributed by atoms with van der Waals surface area (Å²) >= 11 is 1.06. The maximum absolute atomic E-state index is 13.2. The number of azo groups is 1. The number of hydrogen-bond acceptors (Lipinski definition) is 9. The lowest BCUT2D eigenvalue weighted by molar-refractivity contribution is -0.0467. The van der Waals surface area contributed by atoms with Crippen LogP contribution in [0.1, 0.15) is 19.3 Å². The Morgan fingerprint density at radius 1 is 1.21 bits per heavy atom. The highest BCUT2D eigenvalue weighted by atomic mass is 32.2. The van der Waals surface area contributed by atoms with Crippen LogP contribution in [0.2, 0.25) is 0 Å². The molecule has 158 valence electrons. The minimum absolute atomic E-state index is 0.129. The normalized spacial score (nSPS) is 15.8. The van der Waals surface area contributed by atoms with Gasteiger partial charge in [0.15, 0.2) is 0 Å². The summed E-state index contributed by atoms with van der Waals surface area (Å²) in [4.78, 5) is 6.59. The van der Waals surface area contributed by atoms with Crippen LogP contribution in [0.25, 0.3) is 0 Å². The zero-order chi connectivity index (χ0) is 21.1. The first-order valence-electron chi connectivity index (χ1n) is 8.46. The van der Waals surface area contributed by atoms with Gasteiger partial charge in [-0.25, -0.2) is 0 Å². The minimum Gasteiger partial charge on any atom is -0.371 e. The topological polar surface area (TPSA) is 100 Å². The van der Waals surface area contributed by atoms with Crippen LogP contribution in [-0.2, 0) is 14.9 Å². The molecule has 1 aromatic carbocycles. The van der Waals surface area contributed by atoms with Crippen molar-refractivity contribution in [3.05, 3.63) is 23.7 Å². The lowest BCUT2D eigenvalue weighted by Crippen LogP contribution is -2.40. The number of piperidine rings is 1. The molecule has 9 nitrogen and oxygen atoms in total. The van der Waals surface area contributed by atoms with Gasteiger partial charge in [0.05, 0.1) is 7.11 Å². The molecule has 0 aliphatic carbocycles. The van der Waals surface area contributed by atoms with Crippen molar-refractivity contribution in [3.63, 3.8) is 0 Å². The second kappa shape index (κ2) is 8.59. The maximum Gasteiger partial charge on any atom is 0.518 e. The van der Waals surface area contributed by atoms with E-state index in [-0.39, 0.29) is 15.3 Å². The van der Waals surface area contributed by atoms with Gasteiger partial charge >= 0.3 is 15.5 Å². The highest BCUT2D eigenvalue weighted by Gasteiger charge is 2.51. The first-order valence-corrected chi connectivity index (χ1v) is 10.8. The zero-order valence-corrected chi connectivity index (χ0v) is 16.8. The molecule has 0 bridgehead atoms. The van der Waals surface area contributed by atoms with Gasteiger partial charge in [-0.15, -0.1) is 24.9 Å². The summed E-state index contributed by atoms with van der Waals surface area (Å²) in [5, 5.41) is 15.1. The average molecular weight is 450 g/mol. The fourth-order valence-electron chi connectivity index (χ4n) is 2.82. The standard InChI is InChI=1S/C15H17F3N6O3S2/c1-27-24(29(25,26)15(16,17)18)13-9-11(23-7-3-2-4-8-23)5-6-12(13)20-22-14-21-19-10-28-14/h5-6,9-10H,2-4,7-8H2,1H3. The third-order valence-corrected chi connectivity index (χ3v) is 6.09. The smallest absolute Gasteiger partial charge is 0.371 e. The van der Waals surface area contributed by atoms with E-state index >= 15 is 0 Å². The minimum atomic E-state index is -5.82. The third-order valence-electron chi connectivity index (χ3n) is 4.15. The Hall–Kier alpha value is -2.32. The van der Waals surface area contributed by atoms with E-state index in [0.717, 1.165) is 37.7 Å². The van der Waals surface area contributed by atoms with Crippen molar-refractivity contribution in [2.75, 3.05) is 29.6 Å². The molecule has 1 aliphatic heterocycles. The molecule has 0 saturated carbocycles. The lowest BCUT2D eigenvalue weighted by Gasteiger charge is -2.30. The fourth-order valence-corrected chi connectivity index (χ4v) is 3.98. The Kier molecular flexibility index (Phi) is 6.33. The number of aromatic nitrogens is 2. The monoisotopic (exact) mass is 450 g/mol. The summed E-state index contributed by atoms with van der Waals surface area (Å²) in [6, 6.07) is 4.34. The van der Waals surface area contributed by atoms with Crippen LogP contribution in [0.5, 0.6) is 0 Å². The Balaban J connectivity index is 2.08. The molecule has 14 heteroatoms. The van der Waals surface area contributed by atoms with Crippen LogP contribution >= 0.6 is 11.3 Å². The molecule has 1 aliphatic rings. The summed E-state index contributed by atoms with van der Waals surface area (Å²) < 4.78 is 63.4. The summed E-state index contributed by atoms with van der Waals surface area (Å²) in [6.07, 6.45) is 2.93. The number of sulfonamides is 1. The number of alkyl halides is 3. The van der Waals surface area contributed by atoms with Gasteiger partial charge in [0.25, 0.3) is 5.13 Å². The zero-order valence-electron chi connectivity index (χ0n) is 15.2. The van der Waals surface area contributed by atoms with Crippen LogP contribution in [0.3, 0.4) is 0 Å². The van der Waals surface area contributed by atoms with Crippen LogP contribution in [-0.4, -0.2) is 44.3 Å². The summed E-state index contributed by atoms with van der Waals surface area (Å²) in [5.41, 5.74) is -4.12. The van der Waals surface area contributed by atoms with E-state index in [1.165, 1.54) is 17.6 Å². The van der Waals surface area contributed by atoms with E-state index in [4.69, 9.17) is 0 Å². The Labute approximate surface area is 168 Å². The number of halogens is 3. The molecule has 0 N–H and O–H groups in total. The molecule has 3 rings (SSSR count). The number of nitrogens with zero attached hydrogens (tertiary/aromatic N) is 6. The van der Waals surface area contributed by atoms with Gasteiger partial charge in [0.2, 0.25) is 0 Å². The van der Waals surface area contributed by atoms with Crippen LogP contribution in [0.4, 0.5) is 35.4 Å². The molecule has 29 heavy (non-hydrogen) atoms. The highest BCUT2D eigenvalue weighted by Crippen LogP contribution is 2.39. The molecule has 2 aromatic rings. The molecule has 2 heterocycles. The highest BCUT2D eigenvalue weighted by molar-refractivity contribution is 7.93. The van der Waals surface area contributed by atoms with Crippen molar-refractivity contribution >= 4 is 43.6 Å².